The molecule has 2 aromatic rings. The van der Waals surface area contributed by atoms with Crippen molar-refractivity contribution in [3.05, 3.63) is 58.6 Å². The highest BCUT2D eigenvalue weighted by atomic mass is 16.8. The lowest BCUT2D eigenvalue weighted by Gasteiger charge is -1.97. The summed E-state index contributed by atoms with van der Waals surface area (Å²) in [6, 6.07) is 9.13. The van der Waals surface area contributed by atoms with Crippen LogP contribution in [0.25, 0.3) is 6.08 Å². The molecule has 0 radical (unpaired) electrons. The van der Waals surface area contributed by atoms with Gasteiger partial charge in [-0.3, -0.25) is 9.42 Å². The first-order valence-corrected chi connectivity index (χ1v) is 5.86. The Balaban J connectivity index is 1.96. The van der Waals surface area contributed by atoms with Gasteiger partial charge in [0.25, 0.3) is 17.3 Å². The van der Waals surface area contributed by atoms with E-state index >= 15 is 0 Å². The molecule has 108 valence electrons. The number of carbonyl (C=O) groups excluding carboxylic acids is 2. The molecule has 0 fully saturated rings. The molecule has 21 heavy (non-hydrogen) atoms. The third-order valence-electron chi connectivity index (χ3n) is 2.48. The van der Waals surface area contributed by atoms with Crippen molar-refractivity contribution in [2.45, 2.75) is 6.61 Å². The molecule has 0 spiro atoms. The van der Waals surface area contributed by atoms with E-state index in [-0.39, 0.29) is 10.6 Å². The van der Waals surface area contributed by atoms with Crippen molar-refractivity contribution < 1.29 is 23.9 Å². The maximum absolute atomic E-state index is 11.5. The molecular formula is C13H11N3O5. The van der Waals surface area contributed by atoms with Crippen LogP contribution >= 0.6 is 0 Å². The van der Waals surface area contributed by atoms with Crippen LogP contribution in [-0.4, -0.2) is 17.0 Å². The number of hydrogen-bond acceptors (Lipinski definition) is 6. The fraction of sp³-hybridized carbons (Fsp3) is 0.0769. The maximum atomic E-state index is 11.5. The summed E-state index contributed by atoms with van der Waals surface area (Å²) >= 11 is 0. The van der Waals surface area contributed by atoms with Crippen LogP contribution in [0, 0.1) is 5.21 Å². The molecule has 0 atom stereocenters. The summed E-state index contributed by atoms with van der Waals surface area (Å²) in [5, 5.41) is 14.4. The van der Waals surface area contributed by atoms with Crippen LogP contribution < -0.4 is 10.6 Å². The molecule has 0 unspecified atom stereocenters. The lowest BCUT2D eigenvalue weighted by molar-refractivity contribution is -0.803. The van der Waals surface area contributed by atoms with Crippen molar-refractivity contribution in [1.29, 1.82) is 0 Å². The van der Waals surface area contributed by atoms with E-state index in [0.717, 1.165) is 5.56 Å². The molecule has 0 aliphatic heterocycles. The van der Waals surface area contributed by atoms with Gasteiger partial charge in [0.05, 0.1) is 0 Å². The number of ether oxygens (including phenoxy) is 1. The lowest BCUT2D eigenvalue weighted by Crippen LogP contribution is -2.35. The van der Waals surface area contributed by atoms with Gasteiger partial charge >= 0.3 is 5.97 Å². The number of nitrogens with zero attached hydrogens (tertiary/aromatic N) is 2. The van der Waals surface area contributed by atoms with Crippen LogP contribution in [0.15, 0.2) is 41.0 Å². The van der Waals surface area contributed by atoms with Gasteiger partial charge in [-0.1, -0.05) is 30.3 Å². The van der Waals surface area contributed by atoms with Crippen LogP contribution in [0.4, 0.5) is 0 Å². The second-order valence-electron chi connectivity index (χ2n) is 3.94. The third kappa shape index (κ3) is 3.66. The predicted molar refractivity (Wildman–Crippen MR) is 69.3 cm³/mol. The number of rotatable bonds is 5. The van der Waals surface area contributed by atoms with Crippen LogP contribution in [0.5, 0.6) is 0 Å². The number of hydrogen-bond donors (Lipinski definition) is 1. The summed E-state index contributed by atoms with van der Waals surface area (Å²) in [6.45, 7) is -0.394. The first kappa shape index (κ1) is 14.3. The molecule has 0 saturated heterocycles. The standard InChI is InChI=1S/C13H11N3O5/c14-13(18)12-10(15-21-16(12)19)8-20-11(17)7-6-9-4-2-1-3-5-9/h1-7H,8H2,(H2,14,18)/b7-6+. The number of aromatic nitrogens is 2. The van der Waals surface area contributed by atoms with Crippen molar-refractivity contribution >= 4 is 18.0 Å². The quantitative estimate of drug-likeness (QED) is 0.475. The zero-order valence-corrected chi connectivity index (χ0v) is 10.8. The predicted octanol–water partition coefficient (Wildman–Crippen LogP) is 0.163. The number of primary amides is 1. The largest absolute Gasteiger partial charge is 0.453 e. The highest BCUT2D eigenvalue weighted by Gasteiger charge is 2.25. The highest BCUT2D eigenvalue weighted by molar-refractivity contribution is 5.90. The van der Waals surface area contributed by atoms with E-state index in [4.69, 9.17) is 10.5 Å². The van der Waals surface area contributed by atoms with Crippen molar-refractivity contribution in [3.8, 4) is 0 Å². The van der Waals surface area contributed by atoms with Crippen molar-refractivity contribution in [2.75, 3.05) is 0 Å². The molecule has 2 N–H and O–H groups in total. The van der Waals surface area contributed by atoms with E-state index < -0.39 is 24.2 Å². The molecule has 1 amide bonds. The zero-order chi connectivity index (χ0) is 15.2. The van der Waals surface area contributed by atoms with E-state index in [1.807, 2.05) is 30.3 Å². The molecule has 1 aromatic heterocycles. The van der Waals surface area contributed by atoms with Crippen LogP contribution in [0.3, 0.4) is 0 Å². The molecule has 0 aliphatic carbocycles. The van der Waals surface area contributed by atoms with Gasteiger partial charge in [0.2, 0.25) is 0 Å². The third-order valence-corrected chi connectivity index (χ3v) is 2.48. The Labute approximate surface area is 118 Å². The molecular weight excluding hydrogens is 278 g/mol. The van der Waals surface area contributed by atoms with Crippen molar-refractivity contribution in [1.82, 2.24) is 5.16 Å². The van der Waals surface area contributed by atoms with Gasteiger partial charge in [0.1, 0.15) is 0 Å². The van der Waals surface area contributed by atoms with E-state index in [9.17, 15) is 14.8 Å². The van der Waals surface area contributed by atoms with Crippen LogP contribution in [0.2, 0.25) is 0 Å². The van der Waals surface area contributed by atoms with Crippen molar-refractivity contribution in [2.24, 2.45) is 5.73 Å². The molecule has 8 heteroatoms. The molecule has 0 saturated carbocycles. The molecule has 0 aliphatic rings. The monoisotopic (exact) mass is 289 g/mol. The topological polar surface area (TPSA) is 122 Å². The van der Waals surface area contributed by atoms with Gasteiger partial charge in [-0.15, -0.1) is 0 Å². The van der Waals surface area contributed by atoms with E-state index in [1.54, 1.807) is 6.08 Å². The Bertz CT molecular complexity index is 678. The highest BCUT2D eigenvalue weighted by Crippen LogP contribution is 2.04. The smallest absolute Gasteiger partial charge is 0.331 e. The Morgan fingerprint density at radius 2 is 2.10 bits per heavy atom. The molecule has 0 bridgehead atoms. The number of nitrogens with two attached hydrogens (primary N) is 1. The van der Waals surface area contributed by atoms with Gasteiger partial charge in [0.15, 0.2) is 6.61 Å². The summed E-state index contributed by atoms with van der Waals surface area (Å²) in [7, 11) is 0. The summed E-state index contributed by atoms with van der Waals surface area (Å²) in [5.74, 6) is -1.67. The molecule has 1 heterocycles. The SMILES string of the molecule is NC(=O)c1c(COC(=O)/C=C/c2ccccc2)no[n+]1[O-]. The summed E-state index contributed by atoms with van der Waals surface area (Å²) in [4.78, 5) is 22.4. The molecule has 1 aromatic carbocycles. The second kappa shape index (κ2) is 6.33. The number of benzene rings is 1. The Morgan fingerprint density at radius 1 is 1.38 bits per heavy atom. The van der Waals surface area contributed by atoms with Gasteiger partial charge in [-0.05, 0) is 16.5 Å². The lowest BCUT2D eigenvalue weighted by atomic mass is 10.2. The summed E-state index contributed by atoms with van der Waals surface area (Å²) in [5.41, 5.74) is 5.18. The zero-order valence-electron chi connectivity index (χ0n) is 10.8. The average molecular weight is 289 g/mol. The van der Waals surface area contributed by atoms with Gasteiger partial charge in [-0.2, -0.15) is 0 Å². The minimum Gasteiger partial charge on any atom is -0.453 e. The van der Waals surface area contributed by atoms with Gasteiger partial charge in [0, 0.05) is 11.2 Å². The Morgan fingerprint density at radius 3 is 2.76 bits per heavy atom. The molecule has 2 rings (SSSR count). The van der Waals surface area contributed by atoms with Crippen LogP contribution in [0.1, 0.15) is 21.7 Å². The first-order valence-electron chi connectivity index (χ1n) is 5.86. The second-order valence-corrected chi connectivity index (χ2v) is 3.94. The Kier molecular flexibility index (Phi) is 4.30. The minimum atomic E-state index is -1.02. The first-order chi connectivity index (χ1) is 10.1. The fourth-order valence-corrected chi connectivity index (χ4v) is 1.52. The van der Waals surface area contributed by atoms with Crippen molar-refractivity contribution in [3.63, 3.8) is 0 Å². The number of esters is 1. The van der Waals surface area contributed by atoms with Crippen LogP contribution in [-0.2, 0) is 16.1 Å². The van der Waals surface area contributed by atoms with E-state index in [2.05, 4.69) is 9.79 Å². The minimum absolute atomic E-state index is 0.134. The van der Waals surface area contributed by atoms with E-state index in [1.165, 1.54) is 6.08 Å². The number of carbonyl (C=O) groups is 2. The van der Waals surface area contributed by atoms with Gasteiger partial charge < -0.3 is 15.7 Å². The number of amides is 1. The fourth-order valence-electron chi connectivity index (χ4n) is 1.52. The van der Waals surface area contributed by atoms with Gasteiger partial charge in [-0.25, -0.2) is 4.79 Å². The Hall–Kier alpha value is -3.16. The normalized spacial score (nSPS) is 10.7. The average Bonchev–Trinajstić information content (AvgIpc) is 2.85. The molecule has 8 nitrogen and oxygen atoms in total. The summed E-state index contributed by atoms with van der Waals surface area (Å²) < 4.78 is 9.07. The maximum Gasteiger partial charge on any atom is 0.331 e. The summed E-state index contributed by atoms with van der Waals surface area (Å²) in [6.07, 6.45) is 2.78. The van der Waals surface area contributed by atoms with E-state index in [0.29, 0.717) is 0 Å².